The maximum absolute atomic E-state index is 10.9. The van der Waals surface area contributed by atoms with E-state index in [1.807, 2.05) is 0 Å². The Morgan fingerprint density at radius 1 is 1.43 bits per heavy atom. The molecule has 0 aromatic rings. The van der Waals surface area contributed by atoms with Crippen LogP contribution in [0, 0.1) is 0 Å². The lowest BCUT2D eigenvalue weighted by molar-refractivity contribution is -0.140. The molecule has 0 fully saturated rings. The van der Waals surface area contributed by atoms with E-state index in [1.54, 1.807) is 0 Å². The molecule has 0 aromatic carbocycles. The first-order valence-corrected chi connectivity index (χ1v) is 5.38. The number of esters is 2. The predicted octanol–water partition coefficient (Wildman–Crippen LogP) is 1.59. The third-order valence-corrected chi connectivity index (χ3v) is 2.96. The van der Waals surface area contributed by atoms with Crippen molar-refractivity contribution in [1.29, 1.82) is 0 Å². The first kappa shape index (κ1) is 13.9. The van der Waals surface area contributed by atoms with Gasteiger partial charge in [0.2, 0.25) is 0 Å². The average molecular weight is 261 g/mol. The first-order chi connectivity index (χ1) is 6.40. The zero-order chi connectivity index (χ0) is 11.2. The molecule has 82 valence electrons. The van der Waals surface area contributed by atoms with Crippen molar-refractivity contribution >= 4 is 46.9 Å². The number of carbonyl (C=O) groups excluding carboxylic acids is 2. The van der Waals surface area contributed by atoms with E-state index in [0.717, 1.165) is 11.8 Å². The van der Waals surface area contributed by atoms with Crippen LogP contribution >= 0.6 is 35.0 Å². The fourth-order valence-electron chi connectivity index (χ4n) is 0.533. The summed E-state index contributed by atoms with van der Waals surface area (Å²) < 4.78 is 7.34. The van der Waals surface area contributed by atoms with Crippen LogP contribution in [0.15, 0.2) is 0 Å². The lowest BCUT2D eigenvalue weighted by atomic mass is 10.8. The Kier molecular flexibility index (Phi) is 6.31. The van der Waals surface area contributed by atoms with Gasteiger partial charge in [-0.15, -0.1) is 11.8 Å². The van der Waals surface area contributed by atoms with Gasteiger partial charge in [0, 0.05) is 12.7 Å². The topological polar surface area (TPSA) is 52.6 Å². The van der Waals surface area contributed by atoms with Gasteiger partial charge in [0.25, 0.3) is 3.67 Å². The highest BCUT2D eigenvalue weighted by Crippen LogP contribution is 2.35. The fraction of sp³-hybridized carbons (Fsp3) is 0.714. The summed E-state index contributed by atoms with van der Waals surface area (Å²) in [7, 11) is 1.19. The van der Waals surface area contributed by atoms with Crippen molar-refractivity contribution in [3.05, 3.63) is 0 Å². The summed E-state index contributed by atoms with van der Waals surface area (Å²) in [5, 5.41) is 0. The van der Waals surface area contributed by atoms with Gasteiger partial charge in [0.05, 0.1) is 7.11 Å². The number of methoxy groups -OCH3 is 1. The molecule has 0 aliphatic heterocycles. The van der Waals surface area contributed by atoms with Gasteiger partial charge in [-0.1, -0.05) is 23.2 Å². The van der Waals surface area contributed by atoms with E-state index < -0.39 is 15.6 Å². The van der Waals surface area contributed by atoms with E-state index in [2.05, 4.69) is 9.47 Å². The molecule has 0 N–H and O–H groups in total. The summed E-state index contributed by atoms with van der Waals surface area (Å²) in [5.74, 6) is -0.811. The number of thioether (sulfide) groups is 1. The summed E-state index contributed by atoms with van der Waals surface area (Å²) >= 11 is 12.2. The van der Waals surface area contributed by atoms with Crippen LogP contribution in [0.2, 0.25) is 0 Å². The van der Waals surface area contributed by atoms with Gasteiger partial charge in [-0.05, 0) is 0 Å². The molecule has 0 amide bonds. The second kappa shape index (κ2) is 6.37. The van der Waals surface area contributed by atoms with Gasteiger partial charge in [0.15, 0.2) is 0 Å². The second-order valence-corrected chi connectivity index (χ2v) is 5.28. The Hall–Kier alpha value is -0.130. The third kappa shape index (κ3) is 5.57. The number of ether oxygens (including phenoxy) is 2. The second-order valence-electron chi connectivity index (χ2n) is 2.20. The van der Waals surface area contributed by atoms with Gasteiger partial charge in [-0.25, -0.2) is 4.79 Å². The highest BCUT2D eigenvalue weighted by atomic mass is 35.5. The largest absolute Gasteiger partial charge is 0.466 e. The van der Waals surface area contributed by atoms with Crippen LogP contribution in [0.4, 0.5) is 0 Å². The Labute approximate surface area is 96.2 Å². The molecule has 14 heavy (non-hydrogen) atoms. The van der Waals surface area contributed by atoms with Crippen LogP contribution in [0.1, 0.15) is 6.92 Å². The highest BCUT2D eigenvalue weighted by molar-refractivity contribution is 8.04. The van der Waals surface area contributed by atoms with Crippen LogP contribution in [0.5, 0.6) is 0 Å². The molecular formula is C7H10Cl2O4S. The zero-order valence-corrected chi connectivity index (χ0v) is 10.0. The van der Waals surface area contributed by atoms with Gasteiger partial charge in [-0.2, -0.15) is 0 Å². The van der Waals surface area contributed by atoms with Crippen LogP contribution in [0.3, 0.4) is 0 Å². The molecule has 7 heteroatoms. The lowest BCUT2D eigenvalue weighted by Gasteiger charge is -2.15. The third-order valence-electron chi connectivity index (χ3n) is 1.10. The number of hydrogen-bond donors (Lipinski definition) is 0. The zero-order valence-electron chi connectivity index (χ0n) is 7.71. The quantitative estimate of drug-likeness (QED) is 0.427. The van der Waals surface area contributed by atoms with E-state index in [4.69, 9.17) is 23.2 Å². The summed E-state index contributed by atoms with van der Waals surface area (Å²) in [6, 6.07) is 0. The molecule has 0 radical (unpaired) electrons. The van der Waals surface area contributed by atoms with Crippen molar-refractivity contribution in [1.82, 2.24) is 0 Å². The number of carbonyl (C=O) groups is 2. The molecule has 0 heterocycles. The van der Waals surface area contributed by atoms with Gasteiger partial charge in [-0.3, -0.25) is 4.79 Å². The van der Waals surface area contributed by atoms with E-state index in [9.17, 15) is 9.59 Å². The van der Waals surface area contributed by atoms with Crippen LogP contribution < -0.4 is 0 Å². The summed E-state index contributed by atoms with van der Waals surface area (Å²) in [5.41, 5.74) is 0. The molecule has 0 saturated heterocycles. The van der Waals surface area contributed by atoms with Crippen LogP contribution in [-0.4, -0.2) is 35.1 Å². The minimum Gasteiger partial charge on any atom is -0.466 e. The van der Waals surface area contributed by atoms with Crippen molar-refractivity contribution in [2.75, 3.05) is 19.5 Å². The van der Waals surface area contributed by atoms with E-state index >= 15 is 0 Å². The van der Waals surface area contributed by atoms with E-state index in [-0.39, 0.29) is 6.61 Å². The molecule has 0 spiro atoms. The van der Waals surface area contributed by atoms with Gasteiger partial charge in [0.1, 0.15) is 6.61 Å². The van der Waals surface area contributed by atoms with Crippen molar-refractivity contribution in [2.24, 2.45) is 0 Å². The molecule has 0 atom stereocenters. The molecule has 0 saturated carbocycles. The molecule has 0 bridgehead atoms. The average Bonchev–Trinajstić information content (AvgIpc) is 2.10. The van der Waals surface area contributed by atoms with E-state index in [1.165, 1.54) is 14.0 Å². The molecule has 4 nitrogen and oxygen atoms in total. The predicted molar refractivity (Wildman–Crippen MR) is 55.5 cm³/mol. The van der Waals surface area contributed by atoms with Crippen LogP contribution in [-0.2, 0) is 19.1 Å². The Balaban J connectivity index is 3.76. The SMILES string of the molecule is COC(=O)C(Cl)(Cl)SCCOC(C)=O. The van der Waals surface area contributed by atoms with E-state index in [0.29, 0.717) is 5.75 Å². The first-order valence-electron chi connectivity index (χ1n) is 3.63. The van der Waals surface area contributed by atoms with Gasteiger partial charge < -0.3 is 9.47 Å². The Bertz CT molecular complexity index is 220. The number of alkyl halides is 2. The highest BCUT2D eigenvalue weighted by Gasteiger charge is 2.35. The molecular weight excluding hydrogens is 251 g/mol. The maximum Gasteiger partial charge on any atom is 0.353 e. The summed E-state index contributed by atoms with van der Waals surface area (Å²) in [4.78, 5) is 21.3. The number of hydrogen-bond acceptors (Lipinski definition) is 5. The van der Waals surface area contributed by atoms with Crippen molar-refractivity contribution < 1.29 is 19.1 Å². The lowest BCUT2D eigenvalue weighted by Crippen LogP contribution is -2.24. The smallest absolute Gasteiger partial charge is 0.353 e. The normalized spacial score (nSPS) is 10.9. The standard InChI is InChI=1S/C7H10Cl2O4S/c1-5(10)13-3-4-14-7(8,9)6(11)12-2/h3-4H2,1-2H3. The maximum atomic E-state index is 10.9. The number of rotatable bonds is 5. The Morgan fingerprint density at radius 2 is 2.00 bits per heavy atom. The monoisotopic (exact) mass is 260 g/mol. The van der Waals surface area contributed by atoms with Crippen LogP contribution in [0.25, 0.3) is 0 Å². The fourth-order valence-corrected chi connectivity index (χ4v) is 1.77. The number of halogens is 2. The van der Waals surface area contributed by atoms with Gasteiger partial charge >= 0.3 is 11.9 Å². The minimum absolute atomic E-state index is 0.151. The molecule has 0 aliphatic carbocycles. The molecule has 0 aromatic heterocycles. The summed E-state index contributed by atoms with van der Waals surface area (Å²) in [6.07, 6.45) is 0. The Morgan fingerprint density at radius 3 is 2.43 bits per heavy atom. The minimum atomic E-state index is -1.64. The van der Waals surface area contributed by atoms with Crippen molar-refractivity contribution in [3.8, 4) is 0 Å². The molecule has 0 unspecified atom stereocenters. The summed E-state index contributed by atoms with van der Waals surface area (Å²) in [6.45, 7) is 1.44. The molecule has 0 rings (SSSR count). The van der Waals surface area contributed by atoms with Crippen molar-refractivity contribution in [2.45, 2.75) is 10.6 Å². The van der Waals surface area contributed by atoms with Crippen molar-refractivity contribution in [3.63, 3.8) is 0 Å². The molecule has 0 aliphatic rings.